The van der Waals surface area contributed by atoms with Gasteiger partial charge in [-0.05, 0) is 103 Å². The summed E-state index contributed by atoms with van der Waals surface area (Å²) >= 11 is 0. The van der Waals surface area contributed by atoms with E-state index in [9.17, 15) is 0 Å². The maximum Gasteiger partial charge on any atom is 0.461 e. The third kappa shape index (κ3) is 8.77. The fourth-order valence-electron chi connectivity index (χ4n) is 8.44. The van der Waals surface area contributed by atoms with E-state index in [0.717, 1.165) is 0 Å². The molecule has 1 heterocycles. The van der Waals surface area contributed by atoms with Crippen LogP contribution < -0.4 is 0 Å². The van der Waals surface area contributed by atoms with Gasteiger partial charge in [0.25, 0.3) is 0 Å². The Balaban J connectivity index is 2.97. The van der Waals surface area contributed by atoms with Crippen molar-refractivity contribution >= 4 is 15.2 Å². The van der Waals surface area contributed by atoms with Crippen LogP contribution in [0.1, 0.15) is 145 Å². The predicted molar refractivity (Wildman–Crippen MR) is 196 cm³/mol. The molecule has 0 aromatic heterocycles. The fraction of sp³-hybridized carbons (Fsp3) is 0.949. The zero-order valence-corrected chi connectivity index (χ0v) is 34.0. The summed E-state index contributed by atoms with van der Waals surface area (Å²) in [5.41, 5.74) is 5.55. The third-order valence-electron chi connectivity index (χ3n) is 14.3. The van der Waals surface area contributed by atoms with Crippen LogP contribution in [0.4, 0.5) is 0 Å². The molecule has 1 aliphatic heterocycles. The highest BCUT2D eigenvalue weighted by Crippen LogP contribution is 2.46. The first-order chi connectivity index (χ1) is 19.4. The zero-order valence-electron chi connectivity index (χ0n) is 33.0. The Bertz CT molecular complexity index is 876. The summed E-state index contributed by atoms with van der Waals surface area (Å²) in [5.74, 6) is 10.2. The van der Waals surface area contributed by atoms with Crippen LogP contribution in [0, 0.1) is 70.6 Å². The molecular formula is C39H77BO2Si. The van der Waals surface area contributed by atoms with Crippen LogP contribution in [-0.2, 0) is 9.31 Å². The van der Waals surface area contributed by atoms with Crippen molar-refractivity contribution in [2.45, 2.75) is 179 Å². The van der Waals surface area contributed by atoms with Crippen LogP contribution in [0.2, 0.25) is 22.4 Å². The average Bonchev–Trinajstić information content (AvgIpc) is 3.14. The van der Waals surface area contributed by atoms with Gasteiger partial charge in [-0.3, -0.25) is 0 Å². The molecule has 43 heavy (non-hydrogen) atoms. The molecule has 0 aliphatic carbocycles. The van der Waals surface area contributed by atoms with Crippen LogP contribution in [0.15, 0.2) is 0 Å². The highest BCUT2D eigenvalue weighted by atomic mass is 28.3. The lowest BCUT2D eigenvalue weighted by molar-refractivity contribution is 0.00578. The molecule has 0 radical (unpaired) electrons. The molecule has 0 aromatic rings. The highest BCUT2D eigenvalue weighted by molar-refractivity contribution is 6.90. The van der Waals surface area contributed by atoms with Crippen LogP contribution >= 0.6 is 0 Å². The molecule has 1 saturated heterocycles. The molecule has 252 valence electrons. The van der Waals surface area contributed by atoms with E-state index in [1.54, 1.807) is 0 Å². The van der Waals surface area contributed by atoms with Crippen molar-refractivity contribution in [3.8, 4) is 11.5 Å². The van der Waals surface area contributed by atoms with Crippen LogP contribution in [0.3, 0.4) is 0 Å². The summed E-state index contributed by atoms with van der Waals surface area (Å²) in [6.45, 7) is 50.3. The van der Waals surface area contributed by atoms with Gasteiger partial charge in [0.1, 0.15) is 8.07 Å². The molecule has 0 N–H and O–H groups in total. The lowest BCUT2D eigenvalue weighted by Crippen LogP contribution is -2.43. The lowest BCUT2D eigenvalue weighted by Gasteiger charge is -2.41. The summed E-state index contributed by atoms with van der Waals surface area (Å²) in [6.07, 6.45) is 0. The molecule has 11 atom stereocenters. The van der Waals surface area contributed by atoms with E-state index >= 15 is 0 Å². The van der Waals surface area contributed by atoms with Crippen LogP contribution in [0.25, 0.3) is 0 Å². The minimum Gasteiger partial charge on any atom is -0.403 e. The van der Waals surface area contributed by atoms with Crippen molar-refractivity contribution < 1.29 is 9.31 Å². The van der Waals surface area contributed by atoms with E-state index in [-0.39, 0.29) is 18.3 Å². The van der Waals surface area contributed by atoms with Gasteiger partial charge in [0.2, 0.25) is 0 Å². The van der Waals surface area contributed by atoms with Crippen LogP contribution in [-0.4, -0.2) is 26.4 Å². The summed E-state index contributed by atoms with van der Waals surface area (Å²) in [6, 6.07) is 0. The van der Waals surface area contributed by atoms with E-state index in [4.69, 9.17) is 9.31 Å². The van der Waals surface area contributed by atoms with Crippen molar-refractivity contribution in [1.29, 1.82) is 0 Å². The smallest absolute Gasteiger partial charge is 0.403 e. The second-order valence-electron chi connectivity index (χ2n) is 17.7. The Kier molecular flexibility index (Phi) is 14.8. The molecule has 2 nitrogen and oxygen atoms in total. The summed E-state index contributed by atoms with van der Waals surface area (Å²) < 4.78 is 12.9. The molecule has 0 aromatic carbocycles. The van der Waals surface area contributed by atoms with Crippen molar-refractivity contribution in [1.82, 2.24) is 0 Å². The van der Waals surface area contributed by atoms with E-state index < -0.39 is 8.07 Å². The summed E-state index contributed by atoms with van der Waals surface area (Å²) in [7, 11) is -1.83. The third-order valence-corrected chi connectivity index (χ3v) is 20.6. The fourth-order valence-corrected chi connectivity index (χ4v) is 13.8. The van der Waals surface area contributed by atoms with Gasteiger partial charge in [-0.1, -0.05) is 118 Å². The Hall–Kier alpha value is -0.238. The van der Waals surface area contributed by atoms with E-state index in [1.165, 1.54) is 0 Å². The first-order valence-corrected chi connectivity index (χ1v) is 20.5. The normalized spacial score (nSPS) is 24.9. The molecule has 1 aliphatic rings. The molecule has 0 unspecified atom stereocenters. The van der Waals surface area contributed by atoms with Gasteiger partial charge in [0.05, 0.1) is 11.2 Å². The van der Waals surface area contributed by atoms with E-state index in [1.807, 2.05) is 0 Å². The zero-order chi connectivity index (χ0) is 34.0. The van der Waals surface area contributed by atoms with Gasteiger partial charge in [-0.2, -0.15) is 0 Å². The number of rotatable bonds is 14. The van der Waals surface area contributed by atoms with E-state index in [2.05, 4.69) is 157 Å². The van der Waals surface area contributed by atoms with E-state index in [0.29, 0.717) is 81.6 Å². The first kappa shape index (κ1) is 40.8. The minimum absolute atomic E-state index is 0.136. The van der Waals surface area contributed by atoms with Gasteiger partial charge >= 0.3 is 7.12 Å². The second kappa shape index (κ2) is 15.6. The Morgan fingerprint density at radius 2 is 0.721 bits per heavy atom. The van der Waals surface area contributed by atoms with Crippen molar-refractivity contribution in [3.05, 3.63) is 0 Å². The standard InChI is InChI=1S/C39H77BO2Si/c1-24(2)43(25(3)4,26(5)6)23-22-27(7)28(8)29(9)30(10)31(11)32(12)33(13)34(14)35(15)36(16)37(17)40-41-38(18,19)39(20,21)42-40/h24-37H,1-21H3/t27-,28+,29-,30+,31-,32+,33-,34+,35-,36+,37-/m0/s1. The molecular weight excluding hydrogens is 539 g/mol. The summed E-state index contributed by atoms with van der Waals surface area (Å²) in [4.78, 5) is 0. The van der Waals surface area contributed by atoms with Crippen molar-refractivity contribution in [2.24, 2.45) is 59.2 Å². The molecule has 1 rings (SSSR count). The van der Waals surface area contributed by atoms with Crippen LogP contribution in [0.5, 0.6) is 0 Å². The molecule has 0 bridgehead atoms. The Morgan fingerprint density at radius 1 is 0.442 bits per heavy atom. The van der Waals surface area contributed by atoms with Gasteiger partial charge in [-0.25, -0.2) is 0 Å². The molecule has 1 fully saturated rings. The Labute approximate surface area is 273 Å². The largest absolute Gasteiger partial charge is 0.461 e. The average molecular weight is 617 g/mol. The Morgan fingerprint density at radius 3 is 1.02 bits per heavy atom. The van der Waals surface area contributed by atoms with Gasteiger partial charge in [0, 0.05) is 5.92 Å². The number of hydrogen-bond donors (Lipinski definition) is 0. The number of hydrogen-bond acceptors (Lipinski definition) is 2. The SMILES string of the molecule is CC(C)[Si](C#C[C@H](C)[C@@H](C)[C@H](C)[C@@H](C)[C@H](C)[C@@H](C)[C@H](C)[C@@H](C)[C@H](C)[C@@H](C)[C@H](C)B1OC(C)(C)C(C)(C)O1)(C(C)C)C(C)C. The first-order valence-electron chi connectivity index (χ1n) is 18.3. The molecule has 4 heteroatoms. The molecule has 0 amide bonds. The predicted octanol–water partition coefficient (Wildman–Crippen LogP) is 12.1. The topological polar surface area (TPSA) is 18.5 Å². The van der Waals surface area contributed by atoms with Crippen molar-refractivity contribution in [3.63, 3.8) is 0 Å². The van der Waals surface area contributed by atoms with Gasteiger partial charge in [0.15, 0.2) is 0 Å². The summed E-state index contributed by atoms with van der Waals surface area (Å²) in [5, 5.41) is 0. The maximum absolute atomic E-state index is 6.46. The second-order valence-corrected chi connectivity index (χ2v) is 23.3. The van der Waals surface area contributed by atoms with Gasteiger partial charge < -0.3 is 9.31 Å². The molecule has 0 saturated carbocycles. The minimum atomic E-state index is -1.69. The lowest BCUT2D eigenvalue weighted by atomic mass is 9.59. The quantitative estimate of drug-likeness (QED) is 0.143. The highest BCUT2D eigenvalue weighted by Gasteiger charge is 2.54. The maximum atomic E-state index is 6.46. The molecule has 0 spiro atoms. The van der Waals surface area contributed by atoms with Crippen molar-refractivity contribution in [2.75, 3.05) is 0 Å². The van der Waals surface area contributed by atoms with Gasteiger partial charge in [-0.15, -0.1) is 11.5 Å². The monoisotopic (exact) mass is 617 g/mol.